The van der Waals surface area contributed by atoms with Crippen LogP contribution in [0.5, 0.6) is 0 Å². The predicted molar refractivity (Wildman–Crippen MR) is 134 cm³/mol. The third-order valence-electron chi connectivity index (χ3n) is 6.39. The van der Waals surface area contributed by atoms with Gasteiger partial charge < -0.3 is 0 Å². The molecular weight excluding hydrogens is 396 g/mol. The van der Waals surface area contributed by atoms with E-state index >= 15 is 0 Å². The van der Waals surface area contributed by atoms with Crippen LogP contribution in [0.4, 0.5) is 0 Å². The summed E-state index contributed by atoms with van der Waals surface area (Å²) in [5.74, 6) is 1.77. The molecule has 0 amide bonds. The van der Waals surface area contributed by atoms with E-state index in [0.717, 1.165) is 5.02 Å². The molecule has 0 aliphatic heterocycles. The van der Waals surface area contributed by atoms with Crippen molar-refractivity contribution in [3.8, 4) is 0 Å². The first-order chi connectivity index (χ1) is 15.3. The molecule has 0 saturated carbocycles. The van der Waals surface area contributed by atoms with E-state index in [0.29, 0.717) is 17.8 Å². The van der Waals surface area contributed by atoms with Crippen molar-refractivity contribution < 1.29 is 0 Å². The minimum absolute atomic E-state index is 0.530. The van der Waals surface area contributed by atoms with Crippen LogP contribution in [0.25, 0.3) is 0 Å². The molecule has 158 valence electrons. The van der Waals surface area contributed by atoms with Crippen molar-refractivity contribution in [1.82, 2.24) is 0 Å². The van der Waals surface area contributed by atoms with Gasteiger partial charge in [-0.3, -0.25) is 0 Å². The lowest BCUT2D eigenvalue weighted by atomic mass is 9.76. The summed E-state index contributed by atoms with van der Waals surface area (Å²) in [5.41, 5.74) is 4.29. The molecule has 0 nitrogen and oxygen atoms in total. The molecule has 5 rings (SSSR count). The van der Waals surface area contributed by atoms with Crippen molar-refractivity contribution >= 4 is 11.6 Å². The zero-order valence-electron chi connectivity index (χ0n) is 18.0. The van der Waals surface area contributed by atoms with Crippen LogP contribution in [-0.4, -0.2) is 0 Å². The second-order valence-electron chi connectivity index (χ2n) is 8.48. The zero-order chi connectivity index (χ0) is 21.3. The lowest BCUT2D eigenvalue weighted by Crippen LogP contribution is -2.12. The van der Waals surface area contributed by atoms with Gasteiger partial charge in [-0.25, -0.2) is 0 Å². The normalized spacial score (nSPS) is 22.4. The maximum atomic E-state index is 5.83. The Morgan fingerprint density at radius 2 is 1.23 bits per heavy atom. The average molecular weight is 427 g/mol. The highest BCUT2D eigenvalue weighted by atomic mass is 35.5. The molecule has 3 unspecified atom stereocenters. The minimum atomic E-state index is 0.530. The van der Waals surface area contributed by atoms with Crippen LogP contribution in [-0.2, 0) is 0 Å². The summed E-state index contributed by atoms with van der Waals surface area (Å²) < 4.78 is 0. The first-order valence-electron chi connectivity index (χ1n) is 11.5. The van der Waals surface area contributed by atoms with Gasteiger partial charge >= 0.3 is 0 Å². The molecule has 31 heavy (non-hydrogen) atoms. The molecule has 0 spiro atoms. The summed E-state index contributed by atoms with van der Waals surface area (Å²) >= 11 is 5.83. The molecule has 3 atom stereocenters. The molecule has 0 bridgehead atoms. The summed E-state index contributed by atoms with van der Waals surface area (Å²) in [4.78, 5) is 0. The SMILES string of the molecule is C1=CC(c2ccccc2)C(c2ccccc2)CC1.Clc1ccc(C2C=CCCC2)cc1. The number of hydrogen-bond donors (Lipinski definition) is 0. The van der Waals surface area contributed by atoms with Gasteiger partial charge in [0.25, 0.3) is 0 Å². The number of benzene rings is 3. The van der Waals surface area contributed by atoms with Crippen LogP contribution in [0.2, 0.25) is 5.02 Å². The van der Waals surface area contributed by atoms with Crippen LogP contribution in [0.15, 0.2) is 109 Å². The third-order valence-corrected chi connectivity index (χ3v) is 6.64. The zero-order valence-corrected chi connectivity index (χ0v) is 18.8. The Balaban J connectivity index is 0.000000158. The topological polar surface area (TPSA) is 0 Å². The molecule has 3 aromatic rings. The van der Waals surface area contributed by atoms with Gasteiger partial charge in [-0.15, -0.1) is 0 Å². The Kier molecular flexibility index (Phi) is 7.80. The summed E-state index contributed by atoms with van der Waals surface area (Å²) in [6.45, 7) is 0. The second kappa shape index (κ2) is 11.2. The van der Waals surface area contributed by atoms with Crippen LogP contribution in [0.1, 0.15) is 66.5 Å². The largest absolute Gasteiger partial charge is 0.0879 e. The van der Waals surface area contributed by atoms with Gasteiger partial charge in [0.05, 0.1) is 0 Å². The van der Waals surface area contributed by atoms with Gasteiger partial charge in [-0.2, -0.15) is 0 Å². The van der Waals surface area contributed by atoms with Crippen LogP contribution in [0.3, 0.4) is 0 Å². The maximum absolute atomic E-state index is 5.83. The van der Waals surface area contributed by atoms with Crippen LogP contribution in [0, 0.1) is 0 Å². The molecule has 3 aromatic carbocycles. The lowest BCUT2D eigenvalue weighted by molar-refractivity contribution is 0.553. The first-order valence-corrected chi connectivity index (χ1v) is 11.9. The second-order valence-corrected chi connectivity index (χ2v) is 8.91. The Hall–Kier alpha value is -2.57. The van der Waals surface area contributed by atoms with E-state index in [2.05, 4.69) is 97.1 Å². The fraction of sp³-hybridized carbons (Fsp3) is 0.267. The number of allylic oxidation sites excluding steroid dienone is 4. The quantitative estimate of drug-likeness (QED) is 0.366. The fourth-order valence-corrected chi connectivity index (χ4v) is 4.85. The number of hydrogen-bond acceptors (Lipinski definition) is 0. The Morgan fingerprint density at radius 1 is 0.581 bits per heavy atom. The minimum Gasteiger partial charge on any atom is -0.0879 e. The molecule has 2 aliphatic rings. The van der Waals surface area contributed by atoms with Crippen LogP contribution < -0.4 is 0 Å². The van der Waals surface area contributed by atoms with Gasteiger partial charge in [-0.05, 0) is 66.8 Å². The Morgan fingerprint density at radius 3 is 1.87 bits per heavy atom. The molecule has 0 fully saturated rings. The van der Waals surface area contributed by atoms with E-state index in [1.54, 1.807) is 0 Å². The summed E-state index contributed by atoms with van der Waals surface area (Å²) in [6.07, 6.45) is 15.6. The van der Waals surface area contributed by atoms with Gasteiger partial charge in [0.15, 0.2) is 0 Å². The Bertz CT molecular complexity index is 970. The van der Waals surface area contributed by atoms with Gasteiger partial charge in [0.2, 0.25) is 0 Å². The highest BCUT2D eigenvalue weighted by Crippen LogP contribution is 2.40. The highest BCUT2D eigenvalue weighted by molar-refractivity contribution is 6.30. The average Bonchev–Trinajstić information content (AvgIpc) is 2.86. The standard InChI is InChI=1S/C18H18.C12H13Cl/c1-3-9-15(10-4-1)17-13-7-8-14-18(17)16-11-5-2-6-12-16;13-12-8-6-11(7-9-12)10-4-2-1-3-5-10/h1-7,9-13,17-18H,8,14H2;2,4,6-10H,1,3,5H2. The molecule has 0 N–H and O–H groups in total. The molecule has 0 aromatic heterocycles. The summed E-state index contributed by atoms with van der Waals surface area (Å²) in [5, 5.41) is 0.823. The van der Waals surface area contributed by atoms with E-state index in [4.69, 9.17) is 11.6 Å². The van der Waals surface area contributed by atoms with Crippen molar-refractivity contribution in [2.75, 3.05) is 0 Å². The van der Waals surface area contributed by atoms with Crippen molar-refractivity contribution in [2.24, 2.45) is 0 Å². The third kappa shape index (κ3) is 5.99. The predicted octanol–water partition coefficient (Wildman–Crippen LogP) is 9.07. The number of halogens is 1. The highest BCUT2D eigenvalue weighted by Gasteiger charge is 2.24. The van der Waals surface area contributed by atoms with Gasteiger partial charge in [0, 0.05) is 16.9 Å². The summed E-state index contributed by atoms with van der Waals surface area (Å²) in [7, 11) is 0. The smallest absolute Gasteiger partial charge is 0.0406 e. The van der Waals surface area contributed by atoms with E-state index in [9.17, 15) is 0 Å². The fourth-order valence-electron chi connectivity index (χ4n) is 4.73. The van der Waals surface area contributed by atoms with E-state index in [1.807, 2.05) is 12.1 Å². The van der Waals surface area contributed by atoms with Crippen molar-refractivity contribution in [2.45, 2.75) is 49.9 Å². The first kappa shape index (κ1) is 21.7. The monoisotopic (exact) mass is 426 g/mol. The van der Waals surface area contributed by atoms with E-state index in [1.165, 1.54) is 48.8 Å². The van der Waals surface area contributed by atoms with E-state index in [-0.39, 0.29) is 0 Å². The lowest BCUT2D eigenvalue weighted by Gasteiger charge is -2.28. The van der Waals surface area contributed by atoms with Gasteiger partial charge in [-0.1, -0.05) is 109 Å². The van der Waals surface area contributed by atoms with E-state index < -0.39 is 0 Å². The molecule has 0 heterocycles. The molecule has 1 heteroatoms. The molecule has 2 aliphatic carbocycles. The molecule has 0 radical (unpaired) electrons. The molecule has 0 saturated heterocycles. The van der Waals surface area contributed by atoms with Crippen molar-refractivity contribution in [3.63, 3.8) is 0 Å². The van der Waals surface area contributed by atoms with Crippen LogP contribution >= 0.6 is 11.6 Å². The Labute approximate surface area is 192 Å². The summed E-state index contributed by atoms with van der Waals surface area (Å²) in [6, 6.07) is 30.0. The van der Waals surface area contributed by atoms with Crippen molar-refractivity contribution in [3.05, 3.63) is 131 Å². The number of rotatable bonds is 3. The maximum Gasteiger partial charge on any atom is 0.0406 e. The molecular formula is C30H31Cl. The van der Waals surface area contributed by atoms with Gasteiger partial charge in [0.1, 0.15) is 0 Å². The van der Waals surface area contributed by atoms with Crippen molar-refractivity contribution in [1.29, 1.82) is 0 Å².